The molecule has 1 aliphatic rings. The number of anilines is 1. The number of amides is 1. The van der Waals surface area contributed by atoms with E-state index in [2.05, 4.69) is 5.32 Å². The molecule has 0 atom stereocenters. The fourth-order valence-electron chi connectivity index (χ4n) is 3.87. The number of aryl methyl sites for hydroxylation is 2. The van der Waals surface area contributed by atoms with Crippen molar-refractivity contribution in [1.29, 1.82) is 0 Å². The van der Waals surface area contributed by atoms with E-state index in [1.54, 1.807) is 31.4 Å². The molecule has 30 heavy (non-hydrogen) atoms. The highest BCUT2D eigenvalue weighted by Gasteiger charge is 2.24. The molecule has 3 aromatic rings. The Morgan fingerprint density at radius 2 is 1.93 bits per heavy atom. The van der Waals surface area contributed by atoms with Crippen molar-refractivity contribution in [3.8, 4) is 5.75 Å². The third kappa shape index (κ3) is 4.13. The number of nitrogens with zero attached hydrogens (tertiary/aromatic N) is 1. The van der Waals surface area contributed by atoms with Gasteiger partial charge in [0.25, 0.3) is 5.91 Å². The van der Waals surface area contributed by atoms with Gasteiger partial charge in [0, 0.05) is 22.8 Å². The lowest BCUT2D eigenvalue weighted by Crippen LogP contribution is -2.22. The first-order valence-corrected chi connectivity index (χ1v) is 10.1. The van der Waals surface area contributed by atoms with Crippen molar-refractivity contribution in [1.82, 2.24) is 4.98 Å². The van der Waals surface area contributed by atoms with Crippen molar-refractivity contribution in [2.75, 3.05) is 19.0 Å². The van der Waals surface area contributed by atoms with Crippen molar-refractivity contribution < 1.29 is 19.1 Å². The maximum Gasteiger partial charge on any atom is 0.339 e. The summed E-state index contributed by atoms with van der Waals surface area (Å²) < 4.78 is 10.6. The smallest absolute Gasteiger partial charge is 0.339 e. The monoisotopic (exact) mass is 404 g/mol. The summed E-state index contributed by atoms with van der Waals surface area (Å²) in [5.74, 6) is -0.248. The largest absolute Gasteiger partial charge is 0.497 e. The van der Waals surface area contributed by atoms with E-state index in [-0.39, 0.29) is 6.61 Å². The molecule has 1 aromatic heterocycles. The van der Waals surface area contributed by atoms with Crippen LogP contribution in [0.5, 0.6) is 5.75 Å². The Morgan fingerprint density at radius 3 is 2.77 bits per heavy atom. The normalized spacial score (nSPS) is 12.9. The molecule has 0 aliphatic heterocycles. The van der Waals surface area contributed by atoms with Gasteiger partial charge in [0.2, 0.25) is 0 Å². The van der Waals surface area contributed by atoms with Crippen LogP contribution in [0.15, 0.2) is 42.5 Å². The Bertz CT molecular complexity index is 1120. The van der Waals surface area contributed by atoms with Crippen LogP contribution in [0.3, 0.4) is 0 Å². The minimum atomic E-state index is -0.480. The average Bonchev–Trinajstić information content (AvgIpc) is 2.76. The number of hydrogen-bond acceptors (Lipinski definition) is 5. The zero-order chi connectivity index (χ0) is 21.1. The van der Waals surface area contributed by atoms with Crippen LogP contribution < -0.4 is 10.1 Å². The predicted molar refractivity (Wildman–Crippen MR) is 115 cm³/mol. The zero-order valence-electron chi connectivity index (χ0n) is 17.2. The van der Waals surface area contributed by atoms with E-state index < -0.39 is 11.9 Å². The first-order valence-electron chi connectivity index (χ1n) is 10.1. The lowest BCUT2D eigenvalue weighted by Gasteiger charge is -2.20. The highest BCUT2D eigenvalue weighted by Crippen LogP contribution is 2.30. The molecule has 4 rings (SSSR count). The van der Waals surface area contributed by atoms with Gasteiger partial charge in [-0.25, -0.2) is 4.79 Å². The molecule has 1 heterocycles. The van der Waals surface area contributed by atoms with Gasteiger partial charge in [-0.2, -0.15) is 0 Å². The van der Waals surface area contributed by atoms with Crippen LogP contribution in [0.25, 0.3) is 10.9 Å². The van der Waals surface area contributed by atoms with Crippen molar-refractivity contribution in [3.63, 3.8) is 0 Å². The quantitative estimate of drug-likeness (QED) is 0.644. The molecule has 2 aromatic carbocycles. The summed E-state index contributed by atoms with van der Waals surface area (Å²) in [5.41, 5.74) is 4.88. The fraction of sp³-hybridized carbons (Fsp3) is 0.292. The first-order chi connectivity index (χ1) is 14.5. The molecule has 154 valence electrons. The van der Waals surface area contributed by atoms with Crippen LogP contribution in [0.1, 0.15) is 40.0 Å². The number of rotatable bonds is 5. The van der Waals surface area contributed by atoms with Crippen LogP contribution >= 0.6 is 0 Å². The number of aromatic nitrogens is 1. The second-order valence-electron chi connectivity index (χ2n) is 7.50. The molecule has 6 nitrogen and oxygen atoms in total. The van der Waals surface area contributed by atoms with E-state index in [9.17, 15) is 9.59 Å². The highest BCUT2D eigenvalue weighted by atomic mass is 16.5. The summed E-state index contributed by atoms with van der Waals surface area (Å²) in [6.07, 6.45) is 3.74. The van der Waals surface area contributed by atoms with Gasteiger partial charge in [-0.3, -0.25) is 9.78 Å². The molecule has 0 spiro atoms. The van der Waals surface area contributed by atoms with Crippen molar-refractivity contribution in [2.45, 2.75) is 32.6 Å². The van der Waals surface area contributed by atoms with Gasteiger partial charge >= 0.3 is 5.97 Å². The van der Waals surface area contributed by atoms with Gasteiger partial charge in [0.1, 0.15) is 5.75 Å². The Morgan fingerprint density at radius 1 is 1.10 bits per heavy atom. The molecule has 1 N–H and O–H groups in total. The van der Waals surface area contributed by atoms with E-state index in [0.717, 1.165) is 53.4 Å². The van der Waals surface area contributed by atoms with Gasteiger partial charge in [-0.05, 0) is 62.4 Å². The predicted octanol–water partition coefficient (Wildman–Crippen LogP) is 4.23. The molecule has 1 amide bonds. The molecule has 6 heteroatoms. The summed E-state index contributed by atoms with van der Waals surface area (Å²) in [5, 5.41) is 3.51. The summed E-state index contributed by atoms with van der Waals surface area (Å²) in [6, 6.07) is 12.9. The molecular weight excluding hydrogens is 380 g/mol. The Labute approximate surface area is 175 Å². The van der Waals surface area contributed by atoms with E-state index in [0.29, 0.717) is 17.0 Å². The standard InChI is InChI=1S/C24H24N2O4/c1-15-10-11-21-19(12-15)23(18-8-3-4-9-20(18)26-21)24(28)30-14-22(27)25-16-6-5-7-17(13-16)29-2/h5-7,10-13H,3-4,8-9,14H2,1-2H3,(H,25,27). The number of nitrogens with one attached hydrogen (secondary N) is 1. The van der Waals surface area contributed by atoms with Gasteiger partial charge in [-0.15, -0.1) is 0 Å². The molecule has 1 aliphatic carbocycles. The van der Waals surface area contributed by atoms with E-state index in [1.807, 2.05) is 25.1 Å². The molecular formula is C24H24N2O4. The Hall–Kier alpha value is -3.41. The Balaban J connectivity index is 1.55. The number of hydrogen-bond donors (Lipinski definition) is 1. The fourth-order valence-corrected chi connectivity index (χ4v) is 3.87. The van der Waals surface area contributed by atoms with Gasteiger partial charge in [0.15, 0.2) is 6.61 Å². The van der Waals surface area contributed by atoms with Gasteiger partial charge < -0.3 is 14.8 Å². The minimum Gasteiger partial charge on any atom is -0.497 e. The maximum absolute atomic E-state index is 13.0. The lowest BCUT2D eigenvalue weighted by atomic mass is 9.89. The SMILES string of the molecule is COc1cccc(NC(=O)COC(=O)c2c3c(nc4ccc(C)cc24)CCCC3)c1. The first kappa shape index (κ1) is 19.9. The topological polar surface area (TPSA) is 77.5 Å². The summed E-state index contributed by atoms with van der Waals surface area (Å²) in [6.45, 7) is 1.62. The van der Waals surface area contributed by atoms with Crippen LogP contribution in [-0.4, -0.2) is 30.6 Å². The van der Waals surface area contributed by atoms with E-state index in [1.165, 1.54) is 0 Å². The molecule has 0 radical (unpaired) electrons. The van der Waals surface area contributed by atoms with Crippen LogP contribution in [-0.2, 0) is 22.4 Å². The summed E-state index contributed by atoms with van der Waals surface area (Å²) in [7, 11) is 1.56. The third-order valence-electron chi connectivity index (χ3n) is 5.31. The molecule has 0 saturated carbocycles. The number of carbonyl (C=O) groups excluding carboxylic acids is 2. The van der Waals surface area contributed by atoms with Gasteiger partial charge in [-0.1, -0.05) is 17.7 Å². The second kappa shape index (κ2) is 8.53. The number of fused-ring (bicyclic) bond motifs is 2. The molecule has 0 unspecified atom stereocenters. The van der Waals surface area contributed by atoms with Crippen molar-refractivity contribution >= 4 is 28.5 Å². The zero-order valence-corrected chi connectivity index (χ0v) is 17.2. The highest BCUT2D eigenvalue weighted by molar-refractivity contribution is 6.06. The number of carbonyl (C=O) groups is 2. The van der Waals surface area contributed by atoms with Gasteiger partial charge in [0.05, 0.1) is 18.2 Å². The molecule has 0 fully saturated rings. The van der Waals surface area contributed by atoms with Crippen molar-refractivity contribution in [3.05, 3.63) is 64.8 Å². The molecule has 0 saturated heterocycles. The second-order valence-corrected chi connectivity index (χ2v) is 7.50. The summed E-state index contributed by atoms with van der Waals surface area (Å²) >= 11 is 0. The van der Waals surface area contributed by atoms with Crippen LogP contribution in [0.4, 0.5) is 5.69 Å². The number of pyridine rings is 1. The lowest BCUT2D eigenvalue weighted by molar-refractivity contribution is -0.119. The number of benzene rings is 2. The van der Waals surface area contributed by atoms with E-state index in [4.69, 9.17) is 14.5 Å². The number of esters is 1. The Kier molecular flexibility index (Phi) is 5.65. The van der Waals surface area contributed by atoms with E-state index >= 15 is 0 Å². The summed E-state index contributed by atoms with van der Waals surface area (Å²) in [4.78, 5) is 30.1. The van der Waals surface area contributed by atoms with Crippen LogP contribution in [0.2, 0.25) is 0 Å². The molecule has 0 bridgehead atoms. The minimum absolute atomic E-state index is 0.361. The average molecular weight is 404 g/mol. The third-order valence-corrected chi connectivity index (χ3v) is 5.31. The van der Waals surface area contributed by atoms with Crippen LogP contribution in [0, 0.1) is 6.92 Å². The number of ether oxygens (including phenoxy) is 2. The maximum atomic E-state index is 13.0. The number of methoxy groups -OCH3 is 1. The van der Waals surface area contributed by atoms with Crippen molar-refractivity contribution in [2.24, 2.45) is 0 Å².